The minimum atomic E-state index is -1.12. The summed E-state index contributed by atoms with van der Waals surface area (Å²) in [5.74, 6) is -0.187. The van der Waals surface area contributed by atoms with Crippen molar-refractivity contribution in [3.63, 3.8) is 0 Å². The Morgan fingerprint density at radius 2 is 2.21 bits per heavy atom. The molecule has 0 bridgehead atoms. The SMILES string of the molecule is CN(C)/C=C/C(=O)C1(Cl)C=CC=CN1. The molecule has 76 valence electrons. The number of dihydropyridines is 1. The molecule has 0 saturated carbocycles. The van der Waals surface area contributed by atoms with E-state index in [0.29, 0.717) is 0 Å². The summed E-state index contributed by atoms with van der Waals surface area (Å²) in [7, 11) is 3.68. The fourth-order valence-electron chi connectivity index (χ4n) is 0.953. The maximum absolute atomic E-state index is 11.6. The van der Waals surface area contributed by atoms with Crippen LogP contribution in [0.3, 0.4) is 0 Å². The molecule has 14 heavy (non-hydrogen) atoms. The molecule has 0 aromatic carbocycles. The van der Waals surface area contributed by atoms with Crippen LogP contribution in [-0.2, 0) is 4.79 Å². The molecule has 1 N–H and O–H groups in total. The van der Waals surface area contributed by atoms with Gasteiger partial charge in [-0.1, -0.05) is 17.7 Å². The largest absolute Gasteiger partial charge is 0.383 e. The van der Waals surface area contributed by atoms with Gasteiger partial charge in [0.05, 0.1) is 0 Å². The van der Waals surface area contributed by atoms with Gasteiger partial charge in [-0.2, -0.15) is 0 Å². The smallest absolute Gasteiger partial charge is 0.201 e. The van der Waals surface area contributed by atoms with Gasteiger partial charge in [-0.05, 0) is 18.4 Å². The van der Waals surface area contributed by atoms with Gasteiger partial charge in [-0.15, -0.1) is 0 Å². The van der Waals surface area contributed by atoms with Crippen LogP contribution in [0.1, 0.15) is 0 Å². The standard InChI is InChI=1S/C10H13ClN2O/c1-13(2)8-5-9(14)10(11)6-3-4-7-12-10/h3-8,12H,1-2H3/b8-5+. The third-order valence-corrected chi connectivity index (χ3v) is 2.13. The van der Waals surface area contributed by atoms with Crippen molar-refractivity contribution in [3.05, 3.63) is 36.7 Å². The van der Waals surface area contributed by atoms with Crippen LogP contribution < -0.4 is 5.32 Å². The van der Waals surface area contributed by atoms with Gasteiger partial charge >= 0.3 is 0 Å². The lowest BCUT2D eigenvalue weighted by molar-refractivity contribution is -0.116. The van der Waals surface area contributed by atoms with Crippen LogP contribution in [0.15, 0.2) is 36.7 Å². The van der Waals surface area contributed by atoms with Crippen LogP contribution >= 0.6 is 11.6 Å². The van der Waals surface area contributed by atoms with Crippen molar-refractivity contribution in [1.82, 2.24) is 10.2 Å². The van der Waals surface area contributed by atoms with E-state index >= 15 is 0 Å². The van der Waals surface area contributed by atoms with Gasteiger partial charge in [-0.3, -0.25) is 4.79 Å². The first-order chi connectivity index (χ1) is 6.54. The number of hydrogen-bond donors (Lipinski definition) is 1. The molecule has 1 heterocycles. The molecule has 0 amide bonds. The number of rotatable bonds is 3. The molecule has 1 aliphatic rings. The minimum Gasteiger partial charge on any atom is -0.383 e. The Morgan fingerprint density at radius 3 is 2.71 bits per heavy atom. The molecule has 0 aromatic heterocycles. The summed E-state index contributed by atoms with van der Waals surface area (Å²) in [6.07, 6.45) is 9.91. The zero-order valence-electron chi connectivity index (χ0n) is 8.20. The molecule has 1 aliphatic heterocycles. The molecule has 0 fully saturated rings. The number of ketones is 1. The van der Waals surface area contributed by atoms with E-state index in [1.165, 1.54) is 6.08 Å². The van der Waals surface area contributed by atoms with Crippen LogP contribution in [0.4, 0.5) is 0 Å². The van der Waals surface area contributed by atoms with E-state index in [4.69, 9.17) is 11.6 Å². The Bertz CT molecular complexity index is 307. The number of alkyl halides is 1. The average Bonchev–Trinajstić information content (AvgIpc) is 2.15. The maximum Gasteiger partial charge on any atom is 0.201 e. The molecule has 0 aromatic rings. The summed E-state index contributed by atoms with van der Waals surface area (Å²) >= 11 is 6.04. The first-order valence-corrected chi connectivity index (χ1v) is 4.62. The van der Waals surface area contributed by atoms with Crippen LogP contribution in [-0.4, -0.2) is 29.8 Å². The van der Waals surface area contributed by atoms with E-state index in [0.717, 1.165) is 0 Å². The highest BCUT2D eigenvalue weighted by Gasteiger charge is 2.30. The summed E-state index contributed by atoms with van der Waals surface area (Å²) in [6.45, 7) is 0. The summed E-state index contributed by atoms with van der Waals surface area (Å²) in [5.41, 5.74) is 0. The molecule has 0 saturated heterocycles. The van der Waals surface area contributed by atoms with Gasteiger partial charge in [0.15, 0.2) is 5.00 Å². The van der Waals surface area contributed by atoms with Crippen molar-refractivity contribution < 1.29 is 4.79 Å². The topological polar surface area (TPSA) is 32.3 Å². The van der Waals surface area contributed by atoms with Gasteiger partial charge in [0.2, 0.25) is 5.78 Å². The predicted molar refractivity (Wildman–Crippen MR) is 57.8 cm³/mol. The minimum absolute atomic E-state index is 0.187. The van der Waals surface area contributed by atoms with E-state index in [-0.39, 0.29) is 5.78 Å². The lowest BCUT2D eigenvalue weighted by Gasteiger charge is -2.22. The van der Waals surface area contributed by atoms with Crippen molar-refractivity contribution in [2.75, 3.05) is 14.1 Å². The van der Waals surface area contributed by atoms with Crippen molar-refractivity contribution in [1.29, 1.82) is 0 Å². The van der Waals surface area contributed by atoms with E-state index in [9.17, 15) is 4.79 Å². The lowest BCUT2D eigenvalue weighted by atomic mass is 10.1. The first kappa shape index (κ1) is 10.9. The van der Waals surface area contributed by atoms with Gasteiger partial charge in [0.1, 0.15) is 0 Å². The second-order valence-electron chi connectivity index (χ2n) is 3.22. The molecule has 1 unspecified atom stereocenters. The van der Waals surface area contributed by atoms with Crippen LogP contribution in [0, 0.1) is 0 Å². The number of carbonyl (C=O) groups excluding carboxylic acids is 1. The normalized spacial score (nSPS) is 25.1. The Hall–Kier alpha value is -1.22. The second kappa shape index (κ2) is 4.33. The fourth-order valence-corrected chi connectivity index (χ4v) is 1.15. The molecule has 3 nitrogen and oxygen atoms in total. The van der Waals surface area contributed by atoms with Crippen molar-refractivity contribution in [3.8, 4) is 0 Å². The Kier molecular flexibility index (Phi) is 3.36. The quantitative estimate of drug-likeness (QED) is 0.434. The molecule has 4 heteroatoms. The molecule has 0 aliphatic carbocycles. The number of allylic oxidation sites excluding steroid dienone is 2. The summed E-state index contributed by atoms with van der Waals surface area (Å²) in [5, 5.41) is 2.80. The summed E-state index contributed by atoms with van der Waals surface area (Å²) in [6, 6.07) is 0. The maximum atomic E-state index is 11.6. The Balaban J connectivity index is 2.69. The second-order valence-corrected chi connectivity index (χ2v) is 3.81. The first-order valence-electron chi connectivity index (χ1n) is 4.25. The molecule has 1 rings (SSSR count). The molecule has 0 spiro atoms. The van der Waals surface area contributed by atoms with Crippen molar-refractivity contribution >= 4 is 17.4 Å². The zero-order chi connectivity index (χ0) is 10.6. The average molecular weight is 213 g/mol. The number of nitrogens with zero attached hydrogens (tertiary/aromatic N) is 1. The number of nitrogens with one attached hydrogen (secondary N) is 1. The molecule has 0 radical (unpaired) electrons. The van der Waals surface area contributed by atoms with Gasteiger partial charge in [-0.25, -0.2) is 0 Å². The van der Waals surface area contributed by atoms with Crippen LogP contribution in [0.5, 0.6) is 0 Å². The summed E-state index contributed by atoms with van der Waals surface area (Å²) in [4.78, 5) is 12.3. The van der Waals surface area contributed by atoms with Crippen LogP contribution in [0.2, 0.25) is 0 Å². The molecule has 1 atom stereocenters. The van der Waals surface area contributed by atoms with Gasteiger partial charge in [0.25, 0.3) is 0 Å². The Labute approximate surface area is 88.7 Å². The van der Waals surface area contributed by atoms with Crippen LogP contribution in [0.25, 0.3) is 0 Å². The Morgan fingerprint density at radius 1 is 1.50 bits per heavy atom. The highest BCUT2D eigenvalue weighted by atomic mass is 35.5. The highest BCUT2D eigenvalue weighted by Crippen LogP contribution is 2.18. The predicted octanol–water partition coefficient (Wildman–Crippen LogP) is 1.24. The zero-order valence-corrected chi connectivity index (χ0v) is 8.95. The summed E-state index contributed by atoms with van der Waals surface area (Å²) < 4.78 is 0. The van der Waals surface area contributed by atoms with E-state index in [2.05, 4.69) is 5.32 Å². The lowest BCUT2D eigenvalue weighted by Crippen LogP contribution is -2.42. The number of carbonyl (C=O) groups is 1. The monoisotopic (exact) mass is 212 g/mol. The third kappa shape index (κ3) is 2.64. The fraction of sp³-hybridized carbons (Fsp3) is 0.300. The highest BCUT2D eigenvalue weighted by molar-refractivity contribution is 6.38. The molecular weight excluding hydrogens is 200 g/mol. The van der Waals surface area contributed by atoms with Gasteiger partial charge < -0.3 is 10.2 Å². The van der Waals surface area contributed by atoms with E-state index in [1.54, 1.807) is 35.5 Å². The number of halogens is 1. The number of hydrogen-bond acceptors (Lipinski definition) is 3. The van der Waals surface area contributed by atoms with E-state index < -0.39 is 5.00 Å². The van der Waals surface area contributed by atoms with E-state index in [1.807, 2.05) is 14.1 Å². The van der Waals surface area contributed by atoms with Crippen molar-refractivity contribution in [2.45, 2.75) is 5.00 Å². The van der Waals surface area contributed by atoms with Gasteiger partial charge in [0, 0.05) is 26.4 Å². The van der Waals surface area contributed by atoms with Crippen molar-refractivity contribution in [2.24, 2.45) is 0 Å². The molecular formula is C10H13ClN2O. The third-order valence-electron chi connectivity index (χ3n) is 1.71.